The van der Waals surface area contributed by atoms with Crippen molar-refractivity contribution in [3.8, 4) is 16.9 Å². The van der Waals surface area contributed by atoms with E-state index in [1.54, 1.807) is 15.6 Å². The molecule has 2 aliphatic carbocycles. The number of hydrogen-bond acceptors (Lipinski definition) is 4. The molecule has 178 valence electrons. The molecule has 0 aliphatic heterocycles. The minimum absolute atomic E-state index is 0.246. The van der Waals surface area contributed by atoms with Gasteiger partial charge in [-0.3, -0.25) is 10.00 Å². The molecule has 35 heavy (non-hydrogen) atoms. The Bertz CT molecular complexity index is 1400. The first kappa shape index (κ1) is 21.6. The number of carbonyl (C=O) groups excluding carboxylic acids is 1. The van der Waals surface area contributed by atoms with E-state index in [4.69, 9.17) is 5.10 Å². The van der Waals surface area contributed by atoms with Crippen molar-refractivity contribution in [3.05, 3.63) is 83.7 Å². The van der Waals surface area contributed by atoms with Crippen LogP contribution in [0.2, 0.25) is 0 Å². The van der Waals surface area contributed by atoms with E-state index in [2.05, 4.69) is 21.8 Å². The fraction of sp³-hybridized carbons (Fsp3) is 0.296. The average Bonchev–Trinajstić information content (AvgIpc) is 3.48. The zero-order valence-electron chi connectivity index (χ0n) is 19.8. The van der Waals surface area contributed by atoms with E-state index in [0.717, 1.165) is 52.9 Å². The molecular weight excluding hydrogens is 440 g/mol. The summed E-state index contributed by atoms with van der Waals surface area (Å²) in [4.78, 5) is 13.3. The normalized spacial score (nSPS) is 19.9. The number of aryl methyl sites for hydroxylation is 1. The van der Waals surface area contributed by atoms with Crippen LogP contribution in [-0.4, -0.2) is 36.8 Å². The number of carbonyl (C=O) groups is 1. The number of nitrogens with one attached hydrogen (secondary N) is 2. The molecule has 8 nitrogen and oxygen atoms in total. The van der Waals surface area contributed by atoms with Crippen molar-refractivity contribution in [2.75, 3.05) is 5.32 Å². The van der Waals surface area contributed by atoms with Gasteiger partial charge in [0.05, 0.1) is 24.0 Å². The number of nitrogens with zero attached hydrogens (tertiary/aromatic N) is 4. The highest BCUT2D eigenvalue weighted by atomic mass is 16.3. The third-order valence-electron chi connectivity index (χ3n) is 7.58. The van der Waals surface area contributed by atoms with Crippen molar-refractivity contribution in [2.45, 2.75) is 43.7 Å². The van der Waals surface area contributed by atoms with E-state index in [1.165, 1.54) is 0 Å². The highest BCUT2D eigenvalue weighted by Crippen LogP contribution is 2.56. The molecular formula is C27H28N6O2. The maximum atomic E-state index is 13.3. The van der Waals surface area contributed by atoms with Crippen LogP contribution < -0.4 is 10.6 Å². The van der Waals surface area contributed by atoms with Gasteiger partial charge in [-0.2, -0.15) is 10.2 Å². The smallest absolute Gasteiger partial charge is 0.320 e. The highest BCUT2D eigenvalue weighted by Gasteiger charge is 2.55. The molecule has 6 rings (SSSR count). The number of hydrogen-bond donors (Lipinski definition) is 3. The number of aromatic nitrogens is 4. The number of fused-ring (bicyclic) bond motifs is 2. The van der Waals surface area contributed by atoms with Crippen LogP contribution in [0.1, 0.15) is 42.0 Å². The standard InChI is InChI=1S/C27H28N6O2/c1-17-22(18-15-28-32(2)16-18)31-33(19-9-4-3-5-10-19)25(17)30-26(35)29-23-20-11-6-7-12-21(20)27(24(23)34)13-8-14-27/h3-7,9-12,15-16,23-24,34H,8,13-14H2,1-2H3,(H2,29,30,35)/t23-,24+/m1/s1. The monoisotopic (exact) mass is 468 g/mol. The van der Waals surface area contributed by atoms with Gasteiger partial charge in [-0.1, -0.05) is 48.9 Å². The van der Waals surface area contributed by atoms with E-state index in [9.17, 15) is 9.90 Å². The molecule has 2 atom stereocenters. The van der Waals surface area contributed by atoms with Gasteiger partial charge in [0.1, 0.15) is 11.5 Å². The lowest BCUT2D eigenvalue weighted by atomic mass is 9.63. The third-order valence-corrected chi connectivity index (χ3v) is 7.58. The molecule has 2 heterocycles. The highest BCUT2D eigenvalue weighted by molar-refractivity contribution is 5.91. The van der Waals surface area contributed by atoms with Crippen molar-refractivity contribution >= 4 is 11.8 Å². The van der Waals surface area contributed by atoms with Gasteiger partial charge in [-0.05, 0) is 43.0 Å². The van der Waals surface area contributed by atoms with Gasteiger partial charge < -0.3 is 10.4 Å². The number of rotatable bonds is 4. The van der Waals surface area contributed by atoms with Crippen LogP contribution in [0.25, 0.3) is 16.9 Å². The van der Waals surface area contributed by atoms with E-state index < -0.39 is 12.1 Å². The molecule has 0 saturated heterocycles. The Labute approximate surface area is 203 Å². The van der Waals surface area contributed by atoms with Crippen molar-refractivity contribution in [1.29, 1.82) is 0 Å². The largest absolute Gasteiger partial charge is 0.390 e. The molecule has 8 heteroatoms. The Hall–Kier alpha value is -3.91. The zero-order valence-corrected chi connectivity index (χ0v) is 19.8. The van der Waals surface area contributed by atoms with Crippen LogP contribution in [0.5, 0.6) is 0 Å². The lowest BCUT2D eigenvalue weighted by Gasteiger charge is -2.43. The summed E-state index contributed by atoms with van der Waals surface area (Å²) >= 11 is 0. The first-order valence-electron chi connectivity index (χ1n) is 12.0. The summed E-state index contributed by atoms with van der Waals surface area (Å²) in [7, 11) is 1.86. The molecule has 3 N–H and O–H groups in total. The molecule has 1 fully saturated rings. The maximum absolute atomic E-state index is 13.3. The van der Waals surface area contributed by atoms with E-state index in [-0.39, 0.29) is 11.4 Å². The third kappa shape index (κ3) is 3.36. The van der Waals surface area contributed by atoms with Crippen LogP contribution >= 0.6 is 0 Å². The predicted molar refractivity (Wildman–Crippen MR) is 133 cm³/mol. The van der Waals surface area contributed by atoms with Crippen molar-refractivity contribution in [3.63, 3.8) is 0 Å². The number of amides is 2. The van der Waals surface area contributed by atoms with Crippen LogP contribution in [0.15, 0.2) is 67.0 Å². The number of aliphatic hydroxyl groups is 1. The molecule has 1 spiro atoms. The number of benzene rings is 2. The van der Waals surface area contributed by atoms with Crippen LogP contribution in [0, 0.1) is 6.92 Å². The molecule has 0 unspecified atom stereocenters. The summed E-state index contributed by atoms with van der Waals surface area (Å²) < 4.78 is 3.47. The Morgan fingerprint density at radius 1 is 1.11 bits per heavy atom. The second-order valence-electron chi connectivity index (χ2n) is 9.59. The predicted octanol–water partition coefficient (Wildman–Crippen LogP) is 4.24. The number of aliphatic hydroxyl groups excluding tert-OH is 1. The molecule has 4 aromatic rings. The van der Waals surface area contributed by atoms with Crippen LogP contribution in [0.3, 0.4) is 0 Å². The second-order valence-corrected chi connectivity index (χ2v) is 9.59. The van der Waals surface area contributed by atoms with Crippen LogP contribution in [-0.2, 0) is 12.5 Å². The van der Waals surface area contributed by atoms with Gasteiger partial charge in [-0.15, -0.1) is 0 Å². The second kappa shape index (κ2) is 8.09. The topological polar surface area (TPSA) is 97.0 Å². The zero-order chi connectivity index (χ0) is 24.2. The van der Waals surface area contributed by atoms with Gasteiger partial charge >= 0.3 is 6.03 Å². The molecule has 2 aromatic heterocycles. The Morgan fingerprint density at radius 2 is 1.86 bits per heavy atom. The lowest BCUT2D eigenvalue weighted by molar-refractivity contribution is 0.0212. The van der Waals surface area contributed by atoms with Crippen molar-refractivity contribution in [2.24, 2.45) is 7.05 Å². The van der Waals surface area contributed by atoms with Gasteiger partial charge in [0, 0.05) is 29.8 Å². The lowest BCUT2D eigenvalue weighted by Crippen LogP contribution is -2.47. The molecule has 0 radical (unpaired) electrons. The fourth-order valence-electron chi connectivity index (χ4n) is 5.65. The first-order chi connectivity index (χ1) is 17.0. The molecule has 2 amide bonds. The quantitative estimate of drug-likeness (QED) is 0.417. The maximum Gasteiger partial charge on any atom is 0.320 e. The van der Waals surface area contributed by atoms with E-state index >= 15 is 0 Å². The van der Waals surface area contributed by atoms with Crippen LogP contribution in [0.4, 0.5) is 10.6 Å². The summed E-state index contributed by atoms with van der Waals surface area (Å²) in [5, 5.41) is 26.4. The van der Waals surface area contributed by atoms with Crippen molar-refractivity contribution < 1.29 is 9.90 Å². The van der Waals surface area contributed by atoms with E-state index in [0.29, 0.717) is 5.82 Å². The van der Waals surface area contributed by atoms with Gasteiger partial charge in [0.25, 0.3) is 0 Å². The number of anilines is 1. The van der Waals surface area contributed by atoms with E-state index in [1.807, 2.05) is 68.7 Å². The SMILES string of the molecule is Cc1c(-c2cnn(C)c2)nn(-c2ccccc2)c1NC(=O)N[C@@H]1c2ccccc2C2(CCC2)[C@H]1O. The fourth-order valence-corrected chi connectivity index (χ4v) is 5.65. The minimum Gasteiger partial charge on any atom is -0.390 e. The summed E-state index contributed by atoms with van der Waals surface area (Å²) in [6, 6.07) is 16.9. The molecule has 2 aromatic carbocycles. The molecule has 0 bridgehead atoms. The Kier molecular flexibility index (Phi) is 5.00. The summed E-state index contributed by atoms with van der Waals surface area (Å²) in [5.41, 5.74) is 5.20. The average molecular weight is 469 g/mol. The first-order valence-corrected chi connectivity index (χ1v) is 12.0. The Balaban J connectivity index is 1.33. The Morgan fingerprint density at radius 3 is 2.54 bits per heavy atom. The summed E-state index contributed by atoms with van der Waals surface area (Å²) in [6.45, 7) is 1.94. The van der Waals surface area contributed by atoms with Gasteiger partial charge in [0.2, 0.25) is 0 Å². The van der Waals surface area contributed by atoms with Gasteiger partial charge in [-0.25, -0.2) is 9.48 Å². The molecule has 1 saturated carbocycles. The van der Waals surface area contributed by atoms with Crippen molar-refractivity contribution in [1.82, 2.24) is 24.9 Å². The minimum atomic E-state index is -0.648. The number of urea groups is 1. The number of para-hydroxylation sites is 1. The van der Waals surface area contributed by atoms with Gasteiger partial charge in [0.15, 0.2) is 0 Å². The summed E-state index contributed by atoms with van der Waals surface area (Å²) in [5.74, 6) is 0.576. The molecule has 2 aliphatic rings. The summed E-state index contributed by atoms with van der Waals surface area (Å²) in [6.07, 6.45) is 6.00.